The van der Waals surface area contributed by atoms with Crippen LogP contribution in [0.5, 0.6) is 0 Å². The maximum atomic E-state index is 12.8. The minimum Gasteiger partial charge on any atom is -0.396 e. The fraction of sp³-hybridized carbons (Fsp3) is 0.167. The molecular formula is C12H6ClF6N3O. The third kappa shape index (κ3) is 3.41. The summed E-state index contributed by atoms with van der Waals surface area (Å²) in [6.45, 7) is 0. The predicted octanol–water partition coefficient (Wildman–Crippen LogP) is 3.71. The monoisotopic (exact) mass is 357 g/mol. The molecule has 23 heavy (non-hydrogen) atoms. The Kier molecular flexibility index (Phi) is 4.05. The number of aromatic nitrogens is 2. The quantitative estimate of drug-likeness (QED) is 0.764. The predicted molar refractivity (Wildman–Crippen MR) is 69.7 cm³/mol. The summed E-state index contributed by atoms with van der Waals surface area (Å²) >= 11 is 5.54. The number of H-pyrrole nitrogens is 1. The van der Waals surface area contributed by atoms with Crippen LogP contribution in [0.1, 0.15) is 11.1 Å². The number of aromatic amines is 1. The van der Waals surface area contributed by atoms with Crippen molar-refractivity contribution in [2.24, 2.45) is 0 Å². The average Bonchev–Trinajstić information content (AvgIpc) is 2.42. The molecule has 0 aliphatic rings. The molecule has 0 fully saturated rings. The minimum absolute atomic E-state index is 0.0347. The van der Waals surface area contributed by atoms with Gasteiger partial charge in [0.1, 0.15) is 10.7 Å². The molecule has 2 rings (SSSR count). The number of nitrogens with two attached hydrogens (primary N) is 1. The van der Waals surface area contributed by atoms with Crippen LogP contribution < -0.4 is 11.3 Å². The molecule has 0 aliphatic heterocycles. The van der Waals surface area contributed by atoms with Gasteiger partial charge in [0.15, 0.2) is 0 Å². The fourth-order valence-corrected chi connectivity index (χ4v) is 1.89. The first-order chi connectivity index (χ1) is 10.4. The molecule has 3 N–H and O–H groups in total. The highest BCUT2D eigenvalue weighted by atomic mass is 35.5. The Bertz CT molecular complexity index is 780. The Morgan fingerprint density at radius 3 is 1.91 bits per heavy atom. The van der Waals surface area contributed by atoms with Crippen LogP contribution in [0.4, 0.5) is 32.0 Å². The van der Waals surface area contributed by atoms with Crippen molar-refractivity contribution in [3.05, 3.63) is 44.7 Å². The second kappa shape index (κ2) is 5.44. The van der Waals surface area contributed by atoms with Gasteiger partial charge in [0, 0.05) is 5.56 Å². The zero-order chi connectivity index (χ0) is 17.6. The molecule has 1 heterocycles. The van der Waals surface area contributed by atoms with E-state index < -0.39 is 51.0 Å². The lowest BCUT2D eigenvalue weighted by Gasteiger charge is -2.14. The van der Waals surface area contributed by atoms with Gasteiger partial charge in [0.25, 0.3) is 5.56 Å². The lowest BCUT2D eigenvalue weighted by Crippen LogP contribution is -2.14. The zero-order valence-electron chi connectivity index (χ0n) is 10.8. The third-order valence-corrected chi connectivity index (χ3v) is 3.20. The molecule has 0 saturated heterocycles. The normalized spacial score (nSPS) is 12.5. The first-order valence-electron chi connectivity index (χ1n) is 5.74. The Hall–Kier alpha value is -2.23. The van der Waals surface area contributed by atoms with E-state index in [1.54, 1.807) is 0 Å². The molecule has 0 saturated carbocycles. The van der Waals surface area contributed by atoms with E-state index in [1.807, 2.05) is 5.10 Å². The summed E-state index contributed by atoms with van der Waals surface area (Å²) in [5, 5.41) is 4.64. The number of alkyl halides is 6. The maximum absolute atomic E-state index is 12.8. The van der Waals surface area contributed by atoms with Crippen molar-refractivity contribution in [2.75, 3.05) is 5.73 Å². The van der Waals surface area contributed by atoms with Crippen LogP contribution in [0.2, 0.25) is 5.02 Å². The number of anilines is 1. The number of nitrogen functional groups attached to an aromatic ring is 1. The maximum Gasteiger partial charge on any atom is 0.416 e. The Balaban J connectivity index is 2.77. The molecule has 11 heteroatoms. The van der Waals surface area contributed by atoms with Crippen LogP contribution >= 0.6 is 11.6 Å². The Morgan fingerprint density at radius 2 is 1.48 bits per heavy atom. The van der Waals surface area contributed by atoms with Crippen molar-refractivity contribution in [2.45, 2.75) is 12.4 Å². The molecular weight excluding hydrogens is 352 g/mol. The van der Waals surface area contributed by atoms with E-state index in [2.05, 4.69) is 5.10 Å². The van der Waals surface area contributed by atoms with Crippen LogP contribution in [0.3, 0.4) is 0 Å². The van der Waals surface area contributed by atoms with E-state index in [-0.39, 0.29) is 6.07 Å². The van der Waals surface area contributed by atoms with Crippen molar-refractivity contribution in [1.29, 1.82) is 0 Å². The van der Waals surface area contributed by atoms with Crippen LogP contribution in [0.15, 0.2) is 23.0 Å². The smallest absolute Gasteiger partial charge is 0.396 e. The number of rotatable bonds is 1. The number of hydrogen-bond acceptors (Lipinski definition) is 3. The molecule has 0 bridgehead atoms. The second-order valence-corrected chi connectivity index (χ2v) is 4.80. The fourth-order valence-electron chi connectivity index (χ4n) is 1.75. The number of benzene rings is 1. The van der Waals surface area contributed by atoms with E-state index in [1.165, 1.54) is 0 Å². The molecule has 2 aromatic rings. The Labute approximate surface area is 128 Å². The molecule has 4 nitrogen and oxygen atoms in total. The number of hydrogen-bond donors (Lipinski definition) is 2. The van der Waals surface area contributed by atoms with E-state index in [0.717, 1.165) is 0 Å². The zero-order valence-corrected chi connectivity index (χ0v) is 11.6. The molecule has 0 amide bonds. The van der Waals surface area contributed by atoms with E-state index in [0.29, 0.717) is 12.1 Å². The first kappa shape index (κ1) is 17.1. The van der Waals surface area contributed by atoms with Gasteiger partial charge in [0.05, 0.1) is 16.8 Å². The summed E-state index contributed by atoms with van der Waals surface area (Å²) in [6, 6.07) is 0.831. The standard InChI is InChI=1S/C12H6ClF6N3O/c13-7-8(20)9(21-22-10(7)23)4-1-5(11(14,15)16)3-6(2-4)12(17,18)19/h1-3H,(H3,20,22,23). The molecule has 0 spiro atoms. The lowest BCUT2D eigenvalue weighted by atomic mass is 10.0. The lowest BCUT2D eigenvalue weighted by molar-refractivity contribution is -0.143. The average molecular weight is 358 g/mol. The summed E-state index contributed by atoms with van der Waals surface area (Å²) in [5.41, 5.74) is -0.136. The third-order valence-electron chi connectivity index (χ3n) is 2.82. The largest absolute Gasteiger partial charge is 0.416 e. The van der Waals surface area contributed by atoms with Crippen LogP contribution in [0, 0.1) is 0 Å². The van der Waals surface area contributed by atoms with Crippen LogP contribution in [-0.2, 0) is 12.4 Å². The van der Waals surface area contributed by atoms with Crippen molar-refractivity contribution >= 4 is 17.3 Å². The van der Waals surface area contributed by atoms with Gasteiger partial charge in [-0.05, 0) is 18.2 Å². The van der Waals surface area contributed by atoms with E-state index >= 15 is 0 Å². The van der Waals surface area contributed by atoms with Crippen molar-refractivity contribution in [3.8, 4) is 11.3 Å². The van der Waals surface area contributed by atoms with Gasteiger partial charge in [-0.25, -0.2) is 5.10 Å². The van der Waals surface area contributed by atoms with E-state index in [4.69, 9.17) is 17.3 Å². The molecule has 124 valence electrons. The minimum atomic E-state index is -5.02. The van der Waals surface area contributed by atoms with Crippen molar-refractivity contribution in [3.63, 3.8) is 0 Å². The molecule has 0 unspecified atom stereocenters. The molecule has 0 radical (unpaired) electrons. The highest BCUT2D eigenvalue weighted by Crippen LogP contribution is 2.39. The summed E-state index contributed by atoms with van der Waals surface area (Å²) in [4.78, 5) is 11.2. The van der Waals surface area contributed by atoms with Gasteiger partial charge in [-0.15, -0.1) is 0 Å². The summed E-state index contributed by atoms with van der Waals surface area (Å²) in [5.74, 6) is 0. The van der Waals surface area contributed by atoms with Gasteiger partial charge < -0.3 is 5.73 Å². The van der Waals surface area contributed by atoms with Gasteiger partial charge in [0.2, 0.25) is 0 Å². The molecule has 1 aromatic heterocycles. The summed E-state index contributed by atoms with van der Waals surface area (Å²) < 4.78 is 76.8. The van der Waals surface area contributed by atoms with E-state index in [9.17, 15) is 31.1 Å². The molecule has 1 aromatic carbocycles. The number of nitrogens with one attached hydrogen (secondary N) is 1. The Morgan fingerprint density at radius 1 is 1.00 bits per heavy atom. The topological polar surface area (TPSA) is 71.8 Å². The summed E-state index contributed by atoms with van der Waals surface area (Å²) in [6.07, 6.45) is -10.0. The highest BCUT2D eigenvalue weighted by molar-refractivity contribution is 6.33. The van der Waals surface area contributed by atoms with Crippen LogP contribution in [0.25, 0.3) is 11.3 Å². The second-order valence-electron chi connectivity index (χ2n) is 4.42. The first-order valence-corrected chi connectivity index (χ1v) is 6.12. The van der Waals surface area contributed by atoms with Gasteiger partial charge in [-0.2, -0.15) is 31.4 Å². The van der Waals surface area contributed by atoms with Crippen molar-refractivity contribution < 1.29 is 26.3 Å². The van der Waals surface area contributed by atoms with Gasteiger partial charge >= 0.3 is 12.4 Å². The van der Waals surface area contributed by atoms with Gasteiger partial charge in [-0.1, -0.05) is 11.6 Å². The van der Waals surface area contributed by atoms with Crippen molar-refractivity contribution in [1.82, 2.24) is 10.2 Å². The molecule has 0 aliphatic carbocycles. The molecule has 0 atom stereocenters. The summed E-state index contributed by atoms with van der Waals surface area (Å²) in [7, 11) is 0. The highest BCUT2D eigenvalue weighted by Gasteiger charge is 2.37. The number of nitrogens with zero attached hydrogens (tertiary/aromatic N) is 1. The number of halogens is 7. The van der Waals surface area contributed by atoms with Crippen LogP contribution in [-0.4, -0.2) is 10.2 Å². The van der Waals surface area contributed by atoms with Gasteiger partial charge in [-0.3, -0.25) is 4.79 Å². The SMILES string of the molecule is Nc1c(-c2cc(C(F)(F)F)cc(C(F)(F)F)c2)n[nH]c(=O)c1Cl.